The van der Waals surface area contributed by atoms with E-state index in [2.05, 4.69) is 16.7 Å². The minimum atomic E-state index is -4.07. The molecule has 1 saturated carbocycles. The maximum absolute atomic E-state index is 13.0. The molecule has 0 radical (unpaired) electrons. The summed E-state index contributed by atoms with van der Waals surface area (Å²) in [4.78, 5) is 1.91. The fraction of sp³-hybridized carbons (Fsp3) is 0.429. The molecular weight excluding hydrogens is 444 g/mol. The molecule has 0 aromatic heterocycles. The summed E-state index contributed by atoms with van der Waals surface area (Å²) >= 11 is 6.10. The van der Waals surface area contributed by atoms with Crippen molar-refractivity contribution in [3.05, 3.63) is 53.1 Å². The lowest BCUT2D eigenvalue weighted by Gasteiger charge is -2.31. The van der Waals surface area contributed by atoms with Crippen LogP contribution in [-0.4, -0.2) is 41.1 Å². The van der Waals surface area contributed by atoms with Crippen LogP contribution in [0.4, 0.5) is 5.69 Å². The van der Waals surface area contributed by atoms with Crippen molar-refractivity contribution in [1.82, 2.24) is 4.90 Å². The third-order valence-corrected chi connectivity index (χ3v) is 8.46. The Morgan fingerprint density at radius 2 is 1.70 bits per heavy atom. The van der Waals surface area contributed by atoms with E-state index in [1.54, 1.807) is 12.1 Å². The van der Waals surface area contributed by atoms with Crippen LogP contribution in [0.1, 0.15) is 37.7 Å². The molecule has 0 bridgehead atoms. The van der Waals surface area contributed by atoms with E-state index in [1.165, 1.54) is 31.4 Å². The van der Waals surface area contributed by atoms with Crippen molar-refractivity contribution in [1.29, 1.82) is 0 Å². The highest BCUT2D eigenvalue weighted by Crippen LogP contribution is 2.29. The molecular formula is C21H27ClN2O4S2. The number of sulfonamides is 1. The first-order valence-electron chi connectivity index (χ1n) is 9.88. The van der Waals surface area contributed by atoms with Crippen LogP contribution in [0.25, 0.3) is 0 Å². The molecule has 6 nitrogen and oxygen atoms in total. The van der Waals surface area contributed by atoms with E-state index in [1.807, 2.05) is 12.1 Å². The van der Waals surface area contributed by atoms with Gasteiger partial charge in [0.15, 0.2) is 9.84 Å². The van der Waals surface area contributed by atoms with Crippen molar-refractivity contribution in [2.75, 3.05) is 18.0 Å². The molecule has 3 rings (SSSR count). The molecule has 0 heterocycles. The fourth-order valence-electron chi connectivity index (χ4n) is 3.80. The lowest BCUT2D eigenvalue weighted by molar-refractivity contribution is 0.185. The molecule has 1 aliphatic carbocycles. The Balaban J connectivity index is 1.87. The summed E-state index contributed by atoms with van der Waals surface area (Å²) in [7, 11) is -5.58. The third-order valence-electron chi connectivity index (χ3n) is 5.50. The van der Waals surface area contributed by atoms with Gasteiger partial charge in [-0.3, -0.25) is 9.62 Å². The molecule has 0 aliphatic heterocycles. The summed E-state index contributed by atoms with van der Waals surface area (Å²) in [5, 5.41) is -0.0355. The van der Waals surface area contributed by atoms with Gasteiger partial charge in [0.05, 0.1) is 15.6 Å². The Hall–Kier alpha value is -1.61. The molecule has 2 aromatic rings. The highest BCUT2D eigenvalue weighted by atomic mass is 35.5. The van der Waals surface area contributed by atoms with Gasteiger partial charge in [-0.2, -0.15) is 0 Å². The zero-order valence-corrected chi connectivity index (χ0v) is 19.5. The molecule has 2 aromatic carbocycles. The van der Waals surface area contributed by atoms with E-state index in [9.17, 15) is 16.8 Å². The van der Waals surface area contributed by atoms with Crippen molar-refractivity contribution >= 4 is 37.1 Å². The second-order valence-electron chi connectivity index (χ2n) is 7.83. The van der Waals surface area contributed by atoms with E-state index in [4.69, 9.17) is 11.6 Å². The fourth-order valence-corrected chi connectivity index (χ4v) is 6.15. The van der Waals surface area contributed by atoms with Crippen molar-refractivity contribution in [2.45, 2.75) is 54.5 Å². The van der Waals surface area contributed by atoms with Crippen LogP contribution < -0.4 is 4.72 Å². The molecule has 0 unspecified atom stereocenters. The standard InChI is InChI=1S/C21H27ClN2O4S2/c1-24(17-9-4-3-5-10-17)15-16-8-6-7-11-20(16)23-30(27,28)21-14-18(29(2,25)26)12-13-19(21)22/h6-8,11-14,17,23H,3-5,9-10,15H2,1-2H3. The summed E-state index contributed by atoms with van der Waals surface area (Å²) in [6.07, 6.45) is 7.04. The minimum Gasteiger partial charge on any atom is -0.299 e. The van der Waals surface area contributed by atoms with Crippen LogP contribution in [0, 0.1) is 0 Å². The van der Waals surface area contributed by atoms with Gasteiger partial charge in [0, 0.05) is 18.8 Å². The monoisotopic (exact) mass is 470 g/mol. The lowest BCUT2D eigenvalue weighted by Crippen LogP contribution is -2.33. The molecule has 1 N–H and O–H groups in total. The van der Waals surface area contributed by atoms with Crippen LogP contribution in [-0.2, 0) is 26.4 Å². The van der Waals surface area contributed by atoms with Gasteiger partial charge in [-0.05, 0) is 49.7 Å². The highest BCUT2D eigenvalue weighted by molar-refractivity contribution is 7.93. The molecule has 164 valence electrons. The first kappa shape index (κ1) is 23.1. The maximum Gasteiger partial charge on any atom is 0.263 e. The lowest BCUT2D eigenvalue weighted by atomic mass is 9.94. The summed E-state index contributed by atoms with van der Waals surface area (Å²) in [6.45, 7) is 0.612. The van der Waals surface area contributed by atoms with Crippen LogP contribution >= 0.6 is 11.6 Å². The summed E-state index contributed by atoms with van der Waals surface area (Å²) in [5.74, 6) is 0. The first-order valence-corrected chi connectivity index (χ1v) is 13.6. The number of benzene rings is 2. The van der Waals surface area contributed by atoms with Gasteiger partial charge in [0.25, 0.3) is 10.0 Å². The average Bonchev–Trinajstić information content (AvgIpc) is 2.69. The van der Waals surface area contributed by atoms with Crippen molar-refractivity contribution in [3.8, 4) is 0 Å². The number of anilines is 1. The van der Waals surface area contributed by atoms with Gasteiger partial charge in [0.1, 0.15) is 4.90 Å². The van der Waals surface area contributed by atoms with Gasteiger partial charge in [-0.1, -0.05) is 49.1 Å². The zero-order valence-electron chi connectivity index (χ0n) is 17.1. The summed E-state index contributed by atoms with van der Waals surface area (Å²) < 4.78 is 52.4. The Morgan fingerprint density at radius 1 is 1.03 bits per heavy atom. The highest BCUT2D eigenvalue weighted by Gasteiger charge is 2.23. The zero-order chi connectivity index (χ0) is 21.9. The summed E-state index contributed by atoms with van der Waals surface area (Å²) in [5.41, 5.74) is 1.31. The predicted octanol–water partition coefficient (Wildman–Crippen LogP) is 4.31. The number of nitrogens with one attached hydrogen (secondary N) is 1. The number of sulfone groups is 1. The number of para-hydroxylation sites is 1. The number of nitrogens with zero attached hydrogens (tertiary/aromatic N) is 1. The molecule has 1 fully saturated rings. The molecule has 0 amide bonds. The SMILES string of the molecule is CN(Cc1ccccc1NS(=O)(=O)c1cc(S(C)(=O)=O)ccc1Cl)C1CCCCC1. The van der Waals surface area contributed by atoms with E-state index in [0.717, 1.165) is 30.7 Å². The summed E-state index contributed by atoms with van der Waals surface area (Å²) in [6, 6.07) is 11.4. The van der Waals surface area contributed by atoms with Crippen molar-refractivity contribution in [2.24, 2.45) is 0 Å². The first-order chi connectivity index (χ1) is 14.1. The maximum atomic E-state index is 13.0. The topological polar surface area (TPSA) is 83.6 Å². The van der Waals surface area contributed by atoms with E-state index < -0.39 is 19.9 Å². The average molecular weight is 471 g/mol. The van der Waals surface area contributed by atoms with Gasteiger partial charge in [-0.25, -0.2) is 16.8 Å². The smallest absolute Gasteiger partial charge is 0.263 e. The quantitative estimate of drug-likeness (QED) is 0.651. The number of hydrogen-bond donors (Lipinski definition) is 1. The normalized spacial score (nSPS) is 16.0. The Morgan fingerprint density at radius 3 is 2.37 bits per heavy atom. The molecule has 30 heavy (non-hydrogen) atoms. The van der Waals surface area contributed by atoms with Crippen LogP contribution in [0.3, 0.4) is 0 Å². The van der Waals surface area contributed by atoms with Gasteiger partial charge in [-0.15, -0.1) is 0 Å². The Bertz CT molecular complexity index is 1110. The van der Waals surface area contributed by atoms with Gasteiger partial charge in [0.2, 0.25) is 0 Å². The Labute approximate surface area is 184 Å². The number of halogens is 1. The van der Waals surface area contributed by atoms with Crippen LogP contribution in [0.5, 0.6) is 0 Å². The predicted molar refractivity (Wildman–Crippen MR) is 120 cm³/mol. The van der Waals surface area contributed by atoms with E-state index in [0.29, 0.717) is 18.3 Å². The Kier molecular flexibility index (Phi) is 7.12. The van der Waals surface area contributed by atoms with E-state index >= 15 is 0 Å². The largest absolute Gasteiger partial charge is 0.299 e. The molecule has 0 atom stereocenters. The number of rotatable bonds is 7. The molecule has 0 saturated heterocycles. The van der Waals surface area contributed by atoms with Crippen LogP contribution in [0.15, 0.2) is 52.3 Å². The van der Waals surface area contributed by atoms with Gasteiger partial charge < -0.3 is 0 Å². The number of hydrogen-bond acceptors (Lipinski definition) is 5. The molecule has 9 heteroatoms. The van der Waals surface area contributed by atoms with Crippen molar-refractivity contribution in [3.63, 3.8) is 0 Å². The molecule has 0 spiro atoms. The second-order valence-corrected chi connectivity index (χ2v) is 11.9. The van der Waals surface area contributed by atoms with Crippen molar-refractivity contribution < 1.29 is 16.8 Å². The van der Waals surface area contributed by atoms with Crippen LogP contribution in [0.2, 0.25) is 5.02 Å². The second kappa shape index (κ2) is 9.26. The van der Waals surface area contributed by atoms with E-state index in [-0.39, 0.29) is 14.8 Å². The van der Waals surface area contributed by atoms with Gasteiger partial charge >= 0.3 is 0 Å². The molecule has 1 aliphatic rings. The third kappa shape index (κ3) is 5.55. The minimum absolute atomic E-state index is 0.0355.